The number of aliphatic carboxylic acids is 1. The average molecular weight is 267 g/mol. The fraction of sp³-hybridized carbons (Fsp3) is 0.250. The molecule has 7 nitrogen and oxygen atoms in total. The number of carboxylic acids is 2. The van der Waals surface area contributed by atoms with Crippen molar-refractivity contribution in [2.45, 2.75) is 19.1 Å². The fourth-order valence-corrected chi connectivity index (χ4v) is 1.48. The maximum absolute atomic E-state index is 11.8. The minimum absolute atomic E-state index is 0.165. The number of amides is 1. The zero-order valence-electron chi connectivity index (χ0n) is 10.0. The standard InChI is InChI=1S/C12H13NO6/c1-6(14)9(12(18)19)13-10(15)7-4-2-3-5-8(7)11(16)17/h2-6,9,14H,1H3,(H,13,15)(H,16,17)(H,18,19)/t6-,9+/m1/s1. The van der Waals surface area contributed by atoms with E-state index < -0.39 is 30.0 Å². The molecule has 1 aromatic rings. The molecule has 1 rings (SSSR count). The highest BCUT2D eigenvalue weighted by Crippen LogP contribution is 2.09. The Bertz CT molecular complexity index is 511. The summed E-state index contributed by atoms with van der Waals surface area (Å²) in [7, 11) is 0. The van der Waals surface area contributed by atoms with Crippen LogP contribution in [-0.2, 0) is 4.79 Å². The van der Waals surface area contributed by atoms with Gasteiger partial charge < -0.3 is 20.6 Å². The number of carbonyl (C=O) groups is 3. The Labute approximate surface area is 108 Å². The molecule has 0 aliphatic carbocycles. The molecule has 19 heavy (non-hydrogen) atoms. The van der Waals surface area contributed by atoms with E-state index in [0.717, 1.165) is 0 Å². The second-order valence-electron chi connectivity index (χ2n) is 3.88. The minimum atomic E-state index is -1.51. The lowest BCUT2D eigenvalue weighted by molar-refractivity contribution is -0.141. The van der Waals surface area contributed by atoms with E-state index in [9.17, 15) is 19.5 Å². The van der Waals surface area contributed by atoms with E-state index in [1.54, 1.807) is 0 Å². The molecule has 1 aromatic carbocycles. The third kappa shape index (κ3) is 3.52. The van der Waals surface area contributed by atoms with Gasteiger partial charge >= 0.3 is 11.9 Å². The number of carboxylic acid groups (broad SMARTS) is 2. The van der Waals surface area contributed by atoms with Crippen LogP contribution in [0, 0.1) is 0 Å². The number of carbonyl (C=O) groups excluding carboxylic acids is 1. The SMILES string of the molecule is C[C@@H](O)[C@H](NC(=O)c1ccccc1C(=O)O)C(=O)O. The van der Waals surface area contributed by atoms with Gasteiger partial charge in [0, 0.05) is 0 Å². The van der Waals surface area contributed by atoms with Crippen molar-refractivity contribution in [1.82, 2.24) is 5.32 Å². The van der Waals surface area contributed by atoms with Crippen molar-refractivity contribution in [2.75, 3.05) is 0 Å². The average Bonchev–Trinajstić information content (AvgIpc) is 2.34. The van der Waals surface area contributed by atoms with Gasteiger partial charge in [-0.2, -0.15) is 0 Å². The van der Waals surface area contributed by atoms with Gasteiger partial charge in [0.25, 0.3) is 5.91 Å². The smallest absolute Gasteiger partial charge is 0.336 e. The van der Waals surface area contributed by atoms with E-state index in [1.165, 1.54) is 31.2 Å². The number of hydrogen-bond donors (Lipinski definition) is 4. The molecule has 7 heteroatoms. The second kappa shape index (κ2) is 5.96. The lowest BCUT2D eigenvalue weighted by atomic mass is 10.1. The van der Waals surface area contributed by atoms with Crippen LogP contribution < -0.4 is 5.32 Å². The third-order valence-electron chi connectivity index (χ3n) is 2.44. The second-order valence-corrected chi connectivity index (χ2v) is 3.88. The molecule has 0 saturated carbocycles. The molecule has 102 valence electrons. The normalized spacial score (nSPS) is 13.4. The van der Waals surface area contributed by atoms with Crippen LogP contribution in [0.4, 0.5) is 0 Å². The molecule has 1 amide bonds. The van der Waals surface area contributed by atoms with Crippen molar-refractivity contribution in [3.8, 4) is 0 Å². The molecule has 0 aliphatic rings. The van der Waals surface area contributed by atoms with Crippen molar-refractivity contribution >= 4 is 17.8 Å². The lowest BCUT2D eigenvalue weighted by Crippen LogP contribution is -2.47. The number of aliphatic hydroxyl groups excluding tert-OH is 1. The fourth-order valence-electron chi connectivity index (χ4n) is 1.48. The van der Waals surface area contributed by atoms with Gasteiger partial charge in [0.2, 0.25) is 0 Å². The predicted octanol–water partition coefficient (Wildman–Crippen LogP) is -0.0514. The first kappa shape index (κ1) is 14.7. The zero-order chi connectivity index (χ0) is 14.6. The van der Waals surface area contributed by atoms with Crippen LogP contribution in [0.15, 0.2) is 24.3 Å². The largest absolute Gasteiger partial charge is 0.480 e. The molecule has 0 fully saturated rings. The molecular formula is C12H13NO6. The van der Waals surface area contributed by atoms with Crippen LogP contribution in [-0.4, -0.2) is 45.3 Å². The van der Waals surface area contributed by atoms with E-state index in [4.69, 9.17) is 10.2 Å². The third-order valence-corrected chi connectivity index (χ3v) is 2.44. The van der Waals surface area contributed by atoms with E-state index in [-0.39, 0.29) is 11.1 Å². The summed E-state index contributed by atoms with van der Waals surface area (Å²) >= 11 is 0. The van der Waals surface area contributed by atoms with E-state index in [0.29, 0.717) is 0 Å². The summed E-state index contributed by atoms with van der Waals surface area (Å²) < 4.78 is 0. The maximum atomic E-state index is 11.8. The molecular weight excluding hydrogens is 254 g/mol. The topological polar surface area (TPSA) is 124 Å². The van der Waals surface area contributed by atoms with Crippen LogP contribution in [0.25, 0.3) is 0 Å². The molecule has 0 spiro atoms. The van der Waals surface area contributed by atoms with E-state index in [2.05, 4.69) is 5.32 Å². The molecule has 0 unspecified atom stereocenters. The summed E-state index contributed by atoms with van der Waals surface area (Å²) in [5.74, 6) is -3.57. The molecule has 0 heterocycles. The Morgan fingerprint density at radius 1 is 1.11 bits per heavy atom. The Morgan fingerprint density at radius 2 is 1.63 bits per heavy atom. The van der Waals surface area contributed by atoms with Crippen molar-refractivity contribution in [3.63, 3.8) is 0 Å². The molecule has 0 bridgehead atoms. The van der Waals surface area contributed by atoms with Gasteiger partial charge in [-0.3, -0.25) is 4.79 Å². The van der Waals surface area contributed by atoms with Crippen molar-refractivity contribution in [3.05, 3.63) is 35.4 Å². The summed E-state index contributed by atoms with van der Waals surface area (Å²) in [5.41, 5.74) is -0.406. The summed E-state index contributed by atoms with van der Waals surface area (Å²) in [6.07, 6.45) is -1.31. The van der Waals surface area contributed by atoms with Gasteiger partial charge in [0.05, 0.1) is 17.2 Å². The summed E-state index contributed by atoms with van der Waals surface area (Å²) in [4.78, 5) is 33.6. The first-order valence-corrected chi connectivity index (χ1v) is 5.38. The number of aliphatic hydroxyl groups is 1. The van der Waals surface area contributed by atoms with Crippen LogP contribution in [0.1, 0.15) is 27.6 Å². The van der Waals surface area contributed by atoms with E-state index in [1.807, 2.05) is 0 Å². The Balaban J connectivity index is 3.01. The first-order valence-electron chi connectivity index (χ1n) is 5.38. The molecule has 2 atom stereocenters. The highest BCUT2D eigenvalue weighted by molar-refractivity contribution is 6.05. The van der Waals surface area contributed by atoms with Crippen LogP contribution >= 0.6 is 0 Å². The maximum Gasteiger partial charge on any atom is 0.336 e. The Morgan fingerprint density at radius 3 is 2.05 bits per heavy atom. The molecule has 0 aromatic heterocycles. The van der Waals surface area contributed by atoms with Crippen molar-refractivity contribution in [2.24, 2.45) is 0 Å². The number of benzene rings is 1. The van der Waals surface area contributed by atoms with Gasteiger partial charge in [-0.15, -0.1) is 0 Å². The summed E-state index contributed by atoms with van der Waals surface area (Å²) in [5, 5.41) is 29.1. The highest BCUT2D eigenvalue weighted by atomic mass is 16.4. The molecule has 4 N–H and O–H groups in total. The monoisotopic (exact) mass is 267 g/mol. The number of nitrogens with one attached hydrogen (secondary N) is 1. The van der Waals surface area contributed by atoms with Gasteiger partial charge in [0.15, 0.2) is 6.04 Å². The predicted molar refractivity (Wildman–Crippen MR) is 64.0 cm³/mol. The zero-order valence-corrected chi connectivity index (χ0v) is 10.0. The van der Waals surface area contributed by atoms with Gasteiger partial charge in [-0.25, -0.2) is 9.59 Å². The van der Waals surface area contributed by atoms with Crippen molar-refractivity contribution in [1.29, 1.82) is 0 Å². The van der Waals surface area contributed by atoms with Crippen molar-refractivity contribution < 1.29 is 29.7 Å². The first-order chi connectivity index (χ1) is 8.84. The number of rotatable bonds is 5. The number of aromatic carboxylic acids is 1. The van der Waals surface area contributed by atoms with Gasteiger partial charge in [0.1, 0.15) is 0 Å². The summed E-state index contributed by atoms with van der Waals surface area (Å²) in [6.45, 7) is 1.21. The van der Waals surface area contributed by atoms with Gasteiger partial charge in [-0.05, 0) is 19.1 Å². The van der Waals surface area contributed by atoms with Gasteiger partial charge in [-0.1, -0.05) is 12.1 Å². The van der Waals surface area contributed by atoms with Crippen LogP contribution in [0.2, 0.25) is 0 Å². The summed E-state index contributed by atoms with van der Waals surface area (Å²) in [6, 6.07) is 3.90. The Kier molecular flexibility index (Phi) is 4.60. The van der Waals surface area contributed by atoms with Crippen LogP contribution in [0.3, 0.4) is 0 Å². The minimum Gasteiger partial charge on any atom is -0.480 e. The molecule has 0 radical (unpaired) electrons. The quantitative estimate of drug-likeness (QED) is 0.593. The lowest BCUT2D eigenvalue weighted by Gasteiger charge is -2.17. The number of hydrogen-bond acceptors (Lipinski definition) is 4. The Hall–Kier alpha value is -2.41. The highest BCUT2D eigenvalue weighted by Gasteiger charge is 2.26. The van der Waals surface area contributed by atoms with Crippen LogP contribution in [0.5, 0.6) is 0 Å². The van der Waals surface area contributed by atoms with E-state index >= 15 is 0 Å². The molecule has 0 aliphatic heterocycles. The molecule has 0 saturated heterocycles.